The SMILES string of the molecule is COC(=O)c1ccccc1CS(=O)(=O)N1CCN(Cc2c(-c3ccccc3)nc3ccc(-c4cc5ccccc5s4)cn23)CC1. The minimum atomic E-state index is -3.64. The summed E-state index contributed by atoms with van der Waals surface area (Å²) in [5.41, 5.74) is 5.77. The van der Waals surface area contributed by atoms with Crippen molar-refractivity contribution >= 4 is 43.1 Å². The number of benzene rings is 3. The Bertz CT molecular complexity index is 2080. The summed E-state index contributed by atoms with van der Waals surface area (Å²) in [6.45, 7) is 2.52. The van der Waals surface area contributed by atoms with E-state index in [1.54, 1.807) is 35.6 Å². The van der Waals surface area contributed by atoms with E-state index in [0.29, 0.717) is 38.3 Å². The molecule has 0 spiro atoms. The van der Waals surface area contributed by atoms with Crippen LogP contribution in [0, 0.1) is 0 Å². The number of rotatable bonds is 8. The van der Waals surface area contributed by atoms with Crippen LogP contribution in [0.25, 0.3) is 37.4 Å². The highest BCUT2D eigenvalue weighted by Crippen LogP contribution is 2.35. The fourth-order valence-electron chi connectivity index (χ4n) is 5.96. The van der Waals surface area contributed by atoms with Gasteiger partial charge in [-0.1, -0.05) is 66.7 Å². The van der Waals surface area contributed by atoms with Crippen LogP contribution >= 0.6 is 11.3 Å². The highest BCUT2D eigenvalue weighted by Gasteiger charge is 2.29. The second-order valence-electron chi connectivity index (χ2n) is 11.1. The van der Waals surface area contributed by atoms with Crippen LogP contribution in [0.1, 0.15) is 21.6 Å². The number of hydrogen-bond acceptors (Lipinski definition) is 7. The number of imidazole rings is 1. The minimum absolute atomic E-state index is 0.246. The van der Waals surface area contributed by atoms with Gasteiger partial charge in [0.25, 0.3) is 0 Å². The van der Waals surface area contributed by atoms with Crippen molar-refractivity contribution in [1.29, 1.82) is 0 Å². The fourth-order valence-corrected chi connectivity index (χ4v) is 8.56. The minimum Gasteiger partial charge on any atom is -0.465 e. The first-order valence-electron chi connectivity index (χ1n) is 14.8. The van der Waals surface area contributed by atoms with E-state index >= 15 is 0 Å². The summed E-state index contributed by atoms with van der Waals surface area (Å²) < 4.78 is 36.7. The van der Waals surface area contributed by atoms with Gasteiger partial charge in [0, 0.05) is 59.6 Å². The molecule has 1 saturated heterocycles. The van der Waals surface area contributed by atoms with E-state index in [4.69, 9.17) is 9.72 Å². The lowest BCUT2D eigenvalue weighted by molar-refractivity contribution is 0.0600. The summed E-state index contributed by atoms with van der Waals surface area (Å²) in [5, 5.41) is 1.23. The lowest BCUT2D eigenvalue weighted by Crippen LogP contribution is -2.48. The molecule has 1 aliphatic heterocycles. The number of methoxy groups -OCH3 is 1. The van der Waals surface area contributed by atoms with Crippen LogP contribution in [-0.4, -0.2) is 66.3 Å². The number of fused-ring (bicyclic) bond motifs is 2. The van der Waals surface area contributed by atoms with Gasteiger partial charge in [-0.3, -0.25) is 4.90 Å². The second-order valence-corrected chi connectivity index (χ2v) is 14.2. The Morgan fingerprint density at radius 2 is 1.60 bits per heavy atom. The first-order valence-corrected chi connectivity index (χ1v) is 17.2. The molecule has 228 valence electrons. The molecule has 0 radical (unpaired) electrons. The summed E-state index contributed by atoms with van der Waals surface area (Å²) in [5.74, 6) is -0.784. The third kappa shape index (κ3) is 5.89. The van der Waals surface area contributed by atoms with Crippen LogP contribution in [0.3, 0.4) is 0 Å². The number of esters is 1. The highest BCUT2D eigenvalue weighted by molar-refractivity contribution is 7.88. The van der Waals surface area contributed by atoms with Gasteiger partial charge in [-0.2, -0.15) is 4.31 Å². The number of piperazine rings is 1. The van der Waals surface area contributed by atoms with E-state index in [0.717, 1.165) is 28.2 Å². The molecule has 1 aliphatic rings. The number of carbonyl (C=O) groups excluding carboxylic acids is 1. The average molecular weight is 637 g/mol. The summed E-state index contributed by atoms with van der Waals surface area (Å²) >= 11 is 1.78. The normalized spacial score (nSPS) is 14.7. The molecule has 0 saturated carbocycles. The van der Waals surface area contributed by atoms with E-state index in [9.17, 15) is 13.2 Å². The summed E-state index contributed by atoms with van der Waals surface area (Å²) in [7, 11) is -2.34. The molecule has 0 atom stereocenters. The topological polar surface area (TPSA) is 84.2 Å². The van der Waals surface area contributed by atoms with E-state index in [-0.39, 0.29) is 11.3 Å². The predicted octanol–water partition coefficient (Wildman–Crippen LogP) is 6.32. The number of nitrogens with zero attached hydrogens (tertiary/aromatic N) is 4. The molecule has 8 nitrogen and oxygen atoms in total. The lowest BCUT2D eigenvalue weighted by Gasteiger charge is -2.34. The third-order valence-corrected chi connectivity index (χ3v) is 11.3. The molecular weight excluding hydrogens is 605 g/mol. The second kappa shape index (κ2) is 12.2. The molecule has 0 aliphatic carbocycles. The number of hydrogen-bond donors (Lipinski definition) is 0. The van der Waals surface area contributed by atoms with Crippen molar-refractivity contribution in [3.05, 3.63) is 120 Å². The summed E-state index contributed by atoms with van der Waals surface area (Å²) in [6, 6.07) is 31.8. The molecule has 0 amide bonds. The molecule has 7 rings (SSSR count). The monoisotopic (exact) mass is 636 g/mol. The van der Waals surface area contributed by atoms with Crippen molar-refractivity contribution in [3.8, 4) is 21.7 Å². The number of carbonyl (C=O) groups is 1. The third-order valence-electron chi connectivity index (χ3n) is 8.33. The Morgan fingerprint density at radius 1 is 0.867 bits per heavy atom. The van der Waals surface area contributed by atoms with Crippen molar-refractivity contribution in [1.82, 2.24) is 18.6 Å². The maximum absolute atomic E-state index is 13.4. The van der Waals surface area contributed by atoms with Gasteiger partial charge in [-0.25, -0.2) is 18.2 Å². The van der Waals surface area contributed by atoms with Gasteiger partial charge in [0.05, 0.1) is 29.8 Å². The molecule has 4 heterocycles. The summed E-state index contributed by atoms with van der Waals surface area (Å²) in [4.78, 5) is 20.8. The predicted molar refractivity (Wildman–Crippen MR) is 179 cm³/mol. The van der Waals surface area contributed by atoms with Gasteiger partial charge in [0.1, 0.15) is 5.65 Å². The quantitative estimate of drug-likeness (QED) is 0.182. The van der Waals surface area contributed by atoms with Gasteiger partial charge in [-0.05, 0) is 41.3 Å². The summed E-state index contributed by atoms with van der Waals surface area (Å²) in [6.07, 6.45) is 2.17. The number of thiophene rings is 1. The van der Waals surface area contributed by atoms with Gasteiger partial charge < -0.3 is 9.14 Å². The van der Waals surface area contributed by atoms with E-state index in [2.05, 4.69) is 70.1 Å². The Kier molecular flexibility index (Phi) is 7.97. The van der Waals surface area contributed by atoms with Crippen molar-refractivity contribution in [2.24, 2.45) is 0 Å². The fraction of sp³-hybridized carbons (Fsp3) is 0.200. The molecule has 45 heavy (non-hydrogen) atoms. The smallest absolute Gasteiger partial charge is 0.338 e. The molecule has 0 unspecified atom stereocenters. The van der Waals surface area contributed by atoms with Crippen LogP contribution in [-0.2, 0) is 27.1 Å². The van der Waals surface area contributed by atoms with Crippen LogP contribution in [0.2, 0.25) is 0 Å². The largest absolute Gasteiger partial charge is 0.465 e. The van der Waals surface area contributed by atoms with Gasteiger partial charge in [0.2, 0.25) is 10.0 Å². The van der Waals surface area contributed by atoms with Crippen molar-refractivity contribution in [2.45, 2.75) is 12.3 Å². The zero-order valence-corrected chi connectivity index (χ0v) is 26.4. The number of pyridine rings is 1. The van der Waals surface area contributed by atoms with Crippen LogP contribution in [0.4, 0.5) is 0 Å². The van der Waals surface area contributed by atoms with Crippen molar-refractivity contribution < 1.29 is 17.9 Å². The van der Waals surface area contributed by atoms with Gasteiger partial charge in [0.15, 0.2) is 0 Å². The molecule has 3 aromatic heterocycles. The molecular formula is C35H32N4O4S2. The molecule has 1 fully saturated rings. The van der Waals surface area contributed by atoms with E-state index in [1.807, 2.05) is 18.2 Å². The van der Waals surface area contributed by atoms with Crippen LogP contribution in [0.15, 0.2) is 103 Å². The maximum atomic E-state index is 13.4. The average Bonchev–Trinajstić information content (AvgIpc) is 3.67. The lowest BCUT2D eigenvalue weighted by atomic mass is 10.1. The zero-order valence-electron chi connectivity index (χ0n) is 24.8. The Hall–Kier alpha value is -4.35. The standard InChI is InChI=1S/C35H32N4O4S2/c1-43-35(40)29-13-7-5-12-28(29)24-45(41,42)38-19-17-37(18-20-38)23-30-34(25-9-3-2-4-10-25)36-33-16-15-27(22-39(30)33)32-21-26-11-6-8-14-31(26)44-32/h2-16,21-22H,17-20,23-24H2,1H3. The Balaban J connectivity index is 1.15. The first-order chi connectivity index (χ1) is 21.9. The molecule has 0 N–H and O–H groups in total. The molecule has 10 heteroatoms. The van der Waals surface area contributed by atoms with Crippen LogP contribution < -0.4 is 0 Å². The Morgan fingerprint density at radius 3 is 2.38 bits per heavy atom. The van der Waals surface area contributed by atoms with Gasteiger partial charge >= 0.3 is 5.97 Å². The number of ether oxygens (including phenoxy) is 1. The van der Waals surface area contributed by atoms with Crippen LogP contribution in [0.5, 0.6) is 0 Å². The molecule has 3 aromatic carbocycles. The Labute approximate surface area is 266 Å². The highest BCUT2D eigenvalue weighted by atomic mass is 32.2. The molecule has 0 bridgehead atoms. The van der Waals surface area contributed by atoms with Crippen molar-refractivity contribution in [3.63, 3.8) is 0 Å². The van der Waals surface area contributed by atoms with E-state index < -0.39 is 16.0 Å². The van der Waals surface area contributed by atoms with E-state index in [1.165, 1.54) is 26.4 Å². The van der Waals surface area contributed by atoms with Crippen molar-refractivity contribution in [2.75, 3.05) is 33.3 Å². The zero-order chi connectivity index (χ0) is 31.0. The first kappa shape index (κ1) is 29.4. The number of sulfonamides is 1. The van der Waals surface area contributed by atoms with Gasteiger partial charge in [-0.15, -0.1) is 11.3 Å². The maximum Gasteiger partial charge on any atom is 0.338 e. The number of aromatic nitrogens is 2. The molecule has 6 aromatic rings.